The first kappa shape index (κ1) is 13.2. The summed E-state index contributed by atoms with van der Waals surface area (Å²) in [6, 6.07) is 1.74. The lowest BCUT2D eigenvalue weighted by Gasteiger charge is -2.07. The smallest absolute Gasteiger partial charge is 0.228 e. The summed E-state index contributed by atoms with van der Waals surface area (Å²) in [5, 5.41) is 0. The zero-order chi connectivity index (χ0) is 11.8. The quantitative estimate of drug-likeness (QED) is 0.771. The van der Waals surface area contributed by atoms with E-state index in [-0.39, 0.29) is 0 Å². The van der Waals surface area contributed by atoms with Gasteiger partial charge in [-0.25, -0.2) is 4.98 Å². The van der Waals surface area contributed by atoms with Crippen LogP contribution in [0.2, 0.25) is 0 Å². The van der Waals surface area contributed by atoms with Gasteiger partial charge in [0.25, 0.3) is 0 Å². The summed E-state index contributed by atoms with van der Waals surface area (Å²) in [7, 11) is 1.63. The second kappa shape index (κ2) is 7.43. The van der Waals surface area contributed by atoms with E-state index in [2.05, 4.69) is 20.9 Å². The standard InChI is InChI=1S/C10H15BrN2O3/c1-14-2-3-15-4-5-16-10-9(11)6-8(12)7-13-10/h6-7H,2-5,12H2,1H3. The molecule has 0 radical (unpaired) electrons. The Labute approximate surface area is 103 Å². The molecular weight excluding hydrogens is 276 g/mol. The Kier molecular flexibility index (Phi) is 6.14. The maximum absolute atomic E-state index is 5.55. The first-order valence-corrected chi connectivity index (χ1v) is 5.64. The number of nitrogens with two attached hydrogens (primary N) is 1. The van der Waals surface area contributed by atoms with Gasteiger partial charge in [-0.05, 0) is 22.0 Å². The first-order valence-electron chi connectivity index (χ1n) is 4.84. The van der Waals surface area contributed by atoms with Gasteiger partial charge in [-0.15, -0.1) is 0 Å². The van der Waals surface area contributed by atoms with Gasteiger partial charge in [-0.3, -0.25) is 0 Å². The summed E-state index contributed by atoms with van der Waals surface area (Å²) < 4.78 is 16.2. The molecule has 0 amide bonds. The Hall–Kier alpha value is -0.850. The van der Waals surface area contributed by atoms with Crippen LogP contribution in [0.4, 0.5) is 5.69 Å². The summed E-state index contributed by atoms with van der Waals surface area (Å²) >= 11 is 3.31. The average Bonchev–Trinajstić information content (AvgIpc) is 2.26. The van der Waals surface area contributed by atoms with Crippen molar-refractivity contribution in [3.63, 3.8) is 0 Å². The largest absolute Gasteiger partial charge is 0.474 e. The Morgan fingerprint density at radius 1 is 1.31 bits per heavy atom. The topological polar surface area (TPSA) is 66.6 Å². The maximum atomic E-state index is 5.55. The molecule has 6 heteroatoms. The molecule has 0 saturated carbocycles. The molecule has 0 fully saturated rings. The van der Waals surface area contributed by atoms with E-state index in [0.717, 1.165) is 4.47 Å². The molecule has 90 valence electrons. The molecule has 5 nitrogen and oxygen atoms in total. The molecule has 0 unspecified atom stereocenters. The Balaban J connectivity index is 2.21. The third-order valence-corrected chi connectivity index (χ3v) is 2.29. The highest BCUT2D eigenvalue weighted by molar-refractivity contribution is 9.10. The molecule has 0 bridgehead atoms. The molecule has 0 saturated heterocycles. The molecule has 0 aliphatic rings. The van der Waals surface area contributed by atoms with Gasteiger partial charge in [0.15, 0.2) is 0 Å². The van der Waals surface area contributed by atoms with Crippen LogP contribution in [0.25, 0.3) is 0 Å². The lowest BCUT2D eigenvalue weighted by atomic mass is 10.4. The number of pyridine rings is 1. The summed E-state index contributed by atoms with van der Waals surface area (Å²) in [4.78, 5) is 4.04. The van der Waals surface area contributed by atoms with Crippen molar-refractivity contribution in [3.05, 3.63) is 16.7 Å². The van der Waals surface area contributed by atoms with E-state index < -0.39 is 0 Å². The maximum Gasteiger partial charge on any atom is 0.228 e. The normalized spacial score (nSPS) is 10.4. The van der Waals surface area contributed by atoms with Gasteiger partial charge in [-0.2, -0.15) is 0 Å². The minimum absolute atomic E-state index is 0.444. The van der Waals surface area contributed by atoms with Crippen molar-refractivity contribution in [1.29, 1.82) is 0 Å². The SMILES string of the molecule is COCCOCCOc1ncc(N)cc1Br. The van der Waals surface area contributed by atoms with Crippen molar-refractivity contribution in [2.45, 2.75) is 0 Å². The molecule has 1 aromatic rings. The lowest BCUT2D eigenvalue weighted by Crippen LogP contribution is -2.10. The van der Waals surface area contributed by atoms with E-state index in [1.807, 2.05) is 0 Å². The number of hydrogen-bond donors (Lipinski definition) is 1. The van der Waals surface area contributed by atoms with Crippen molar-refractivity contribution in [2.75, 3.05) is 39.3 Å². The van der Waals surface area contributed by atoms with Crippen LogP contribution in [-0.2, 0) is 9.47 Å². The summed E-state index contributed by atoms with van der Waals surface area (Å²) in [6.07, 6.45) is 1.55. The Bertz CT molecular complexity index is 323. The lowest BCUT2D eigenvalue weighted by molar-refractivity contribution is 0.0535. The summed E-state index contributed by atoms with van der Waals surface area (Å²) in [6.45, 7) is 2.10. The minimum atomic E-state index is 0.444. The van der Waals surface area contributed by atoms with Crippen molar-refractivity contribution >= 4 is 21.6 Å². The number of ether oxygens (including phenoxy) is 3. The van der Waals surface area contributed by atoms with Gasteiger partial charge in [-0.1, -0.05) is 0 Å². The molecule has 0 spiro atoms. The van der Waals surface area contributed by atoms with Gasteiger partial charge in [0, 0.05) is 7.11 Å². The van der Waals surface area contributed by atoms with E-state index in [1.54, 1.807) is 19.4 Å². The molecule has 0 aliphatic carbocycles. The van der Waals surface area contributed by atoms with Gasteiger partial charge in [0.2, 0.25) is 5.88 Å². The fraction of sp³-hybridized carbons (Fsp3) is 0.500. The zero-order valence-corrected chi connectivity index (χ0v) is 10.7. The third-order valence-electron chi connectivity index (χ3n) is 1.73. The summed E-state index contributed by atoms with van der Waals surface area (Å²) in [5.74, 6) is 0.518. The van der Waals surface area contributed by atoms with Crippen LogP contribution in [0, 0.1) is 0 Å². The zero-order valence-electron chi connectivity index (χ0n) is 9.11. The molecule has 0 aromatic carbocycles. The van der Waals surface area contributed by atoms with Crippen molar-refractivity contribution in [1.82, 2.24) is 4.98 Å². The molecule has 16 heavy (non-hydrogen) atoms. The second-order valence-electron chi connectivity index (χ2n) is 3.01. The molecule has 1 rings (SSSR count). The Morgan fingerprint density at radius 2 is 2.06 bits per heavy atom. The van der Waals surface area contributed by atoms with Crippen molar-refractivity contribution in [2.24, 2.45) is 0 Å². The van der Waals surface area contributed by atoms with Gasteiger partial charge in [0.1, 0.15) is 6.61 Å². The highest BCUT2D eigenvalue weighted by Gasteiger charge is 2.02. The third kappa shape index (κ3) is 4.78. The van der Waals surface area contributed by atoms with E-state index >= 15 is 0 Å². The molecule has 1 aromatic heterocycles. The minimum Gasteiger partial charge on any atom is -0.474 e. The highest BCUT2D eigenvalue weighted by atomic mass is 79.9. The van der Waals surface area contributed by atoms with Gasteiger partial charge in [0.05, 0.1) is 36.2 Å². The van der Waals surface area contributed by atoms with Crippen molar-refractivity contribution in [3.8, 4) is 5.88 Å². The molecular formula is C10H15BrN2O3. The predicted octanol–water partition coefficient (Wildman–Crippen LogP) is 1.47. The van der Waals surface area contributed by atoms with Gasteiger partial charge >= 0.3 is 0 Å². The van der Waals surface area contributed by atoms with Crippen LogP contribution in [0.1, 0.15) is 0 Å². The predicted molar refractivity (Wildman–Crippen MR) is 64.5 cm³/mol. The average molecular weight is 291 g/mol. The first-order chi connectivity index (χ1) is 7.74. The number of nitrogens with zero attached hydrogens (tertiary/aromatic N) is 1. The number of anilines is 1. The van der Waals surface area contributed by atoms with E-state index in [9.17, 15) is 0 Å². The van der Waals surface area contributed by atoms with Crippen LogP contribution in [0.5, 0.6) is 5.88 Å². The summed E-state index contributed by atoms with van der Waals surface area (Å²) in [5.41, 5.74) is 6.14. The van der Waals surface area contributed by atoms with Gasteiger partial charge < -0.3 is 19.9 Å². The van der Waals surface area contributed by atoms with Crippen LogP contribution >= 0.6 is 15.9 Å². The molecule has 2 N–H and O–H groups in total. The number of aromatic nitrogens is 1. The van der Waals surface area contributed by atoms with E-state index in [1.165, 1.54) is 0 Å². The second-order valence-corrected chi connectivity index (χ2v) is 3.86. The van der Waals surface area contributed by atoms with E-state index in [4.69, 9.17) is 19.9 Å². The van der Waals surface area contributed by atoms with E-state index in [0.29, 0.717) is 38.0 Å². The van der Waals surface area contributed by atoms with Crippen molar-refractivity contribution < 1.29 is 14.2 Å². The number of nitrogen functional groups attached to an aromatic ring is 1. The number of halogens is 1. The molecule has 0 atom stereocenters. The van der Waals surface area contributed by atoms with Crippen LogP contribution in [0.15, 0.2) is 16.7 Å². The molecule has 1 heterocycles. The van der Waals surface area contributed by atoms with Crippen LogP contribution < -0.4 is 10.5 Å². The van der Waals surface area contributed by atoms with Crippen LogP contribution in [0.3, 0.4) is 0 Å². The Morgan fingerprint density at radius 3 is 2.75 bits per heavy atom. The monoisotopic (exact) mass is 290 g/mol. The number of methoxy groups -OCH3 is 1. The number of hydrogen-bond acceptors (Lipinski definition) is 5. The number of rotatable bonds is 7. The van der Waals surface area contributed by atoms with Crippen LogP contribution in [-0.4, -0.2) is 38.5 Å². The fourth-order valence-electron chi connectivity index (χ4n) is 0.988. The highest BCUT2D eigenvalue weighted by Crippen LogP contribution is 2.23. The molecule has 0 aliphatic heterocycles. The fourth-order valence-corrected chi connectivity index (χ4v) is 1.47.